The number of hydrogen-bond donors (Lipinski definition) is 4. The molecule has 3 aromatic carbocycles. The highest BCUT2D eigenvalue weighted by Gasteiger charge is 2.36. The number of nitrogens with two attached hydrogens (primary N) is 2. The minimum Gasteiger partial charge on any atom is -0.399 e. The number of hydrogen-bond acceptors (Lipinski definition) is 6. The molecule has 2 fully saturated rings. The molecule has 37 heavy (non-hydrogen) atoms. The molecule has 0 bridgehead atoms. The molecule has 0 amide bonds. The number of nitrogens with zero attached hydrogens (tertiary/aromatic N) is 2. The Hall–Kier alpha value is -2.64. The molecule has 0 aromatic heterocycles. The molecule has 2 saturated heterocycles. The second-order valence-corrected chi connectivity index (χ2v) is 11.4. The number of anilines is 2. The zero-order chi connectivity index (χ0) is 27.2. The van der Waals surface area contributed by atoms with Gasteiger partial charge in [-0.1, -0.05) is 37.1 Å². The first-order valence-electron chi connectivity index (χ1n) is 13.7. The van der Waals surface area contributed by atoms with Gasteiger partial charge in [0.1, 0.15) is 0 Å². The number of rotatable bonds is 0. The molecule has 200 valence electrons. The van der Waals surface area contributed by atoms with E-state index in [-0.39, 0.29) is 23.7 Å². The average molecular weight is 505 g/mol. The van der Waals surface area contributed by atoms with Crippen LogP contribution in [0.4, 0.5) is 11.4 Å². The van der Waals surface area contributed by atoms with E-state index >= 15 is 0 Å². The maximum atomic E-state index is 10.7. The molecule has 2 heterocycles. The highest BCUT2D eigenvalue weighted by molar-refractivity contribution is 6.04. The molecule has 0 aliphatic carbocycles. The lowest BCUT2D eigenvalue weighted by Gasteiger charge is -2.43. The maximum absolute atomic E-state index is 10.7. The van der Waals surface area contributed by atoms with E-state index in [9.17, 15) is 10.4 Å². The Labute approximate surface area is 220 Å². The summed E-state index contributed by atoms with van der Waals surface area (Å²) < 4.78 is 0. The molecule has 5 rings (SSSR count). The summed E-state index contributed by atoms with van der Waals surface area (Å²) in [5.74, 6) is 0. The third-order valence-electron chi connectivity index (χ3n) is 8.08. The molecule has 3 aromatic rings. The SMILES string of the molecule is CC.CC1CC(=c2c3cc(N)ccc3/c(=C3\CC(C)N(O)C(C)(C)C3)c3cc(N)ccc23)CC(C)N1O. The van der Waals surface area contributed by atoms with Crippen molar-refractivity contribution in [2.45, 2.75) is 97.8 Å². The zero-order valence-electron chi connectivity index (χ0n) is 23.5. The fourth-order valence-corrected chi connectivity index (χ4v) is 6.55. The van der Waals surface area contributed by atoms with E-state index in [2.05, 4.69) is 58.9 Å². The van der Waals surface area contributed by atoms with Crippen molar-refractivity contribution < 1.29 is 10.4 Å². The minimum atomic E-state index is -0.369. The monoisotopic (exact) mass is 504 g/mol. The Morgan fingerprint density at radius 2 is 1.14 bits per heavy atom. The Morgan fingerprint density at radius 3 is 1.59 bits per heavy atom. The van der Waals surface area contributed by atoms with Gasteiger partial charge in [-0.25, -0.2) is 0 Å². The van der Waals surface area contributed by atoms with E-state index in [0.29, 0.717) is 0 Å². The van der Waals surface area contributed by atoms with Gasteiger partial charge in [-0.15, -0.1) is 0 Å². The summed E-state index contributed by atoms with van der Waals surface area (Å²) in [6.07, 6.45) is 3.14. The third kappa shape index (κ3) is 4.84. The zero-order valence-corrected chi connectivity index (χ0v) is 23.5. The summed E-state index contributed by atoms with van der Waals surface area (Å²) in [4.78, 5) is 0. The predicted molar refractivity (Wildman–Crippen MR) is 156 cm³/mol. The van der Waals surface area contributed by atoms with Crippen LogP contribution < -0.4 is 21.9 Å². The molecule has 0 radical (unpaired) electrons. The molecule has 3 atom stereocenters. The van der Waals surface area contributed by atoms with Crippen LogP contribution in [-0.4, -0.2) is 44.2 Å². The molecule has 2 aliphatic heterocycles. The molecular formula is C31H44N4O2. The summed E-state index contributed by atoms with van der Waals surface area (Å²) in [6.45, 7) is 14.4. The first kappa shape index (κ1) is 27.4. The van der Waals surface area contributed by atoms with Crippen molar-refractivity contribution in [1.82, 2.24) is 10.1 Å². The number of fused-ring (bicyclic) bond motifs is 2. The molecule has 0 spiro atoms. The van der Waals surface area contributed by atoms with Gasteiger partial charge in [-0.05, 0) is 117 Å². The van der Waals surface area contributed by atoms with Crippen molar-refractivity contribution in [2.24, 2.45) is 0 Å². The van der Waals surface area contributed by atoms with Crippen molar-refractivity contribution >= 4 is 44.1 Å². The van der Waals surface area contributed by atoms with Crippen LogP contribution in [0.5, 0.6) is 0 Å². The molecule has 6 N–H and O–H groups in total. The summed E-state index contributed by atoms with van der Waals surface area (Å²) in [5, 5.41) is 31.3. The van der Waals surface area contributed by atoms with E-state index in [0.717, 1.165) is 47.8 Å². The standard InChI is InChI=1S/C29H38N4O2.C2H6/c1-16-10-19(11-17(2)32(16)34)27-23-8-6-22(31)14-26(23)28(24-9-7-21(30)13-25(24)27)20-12-18(3)33(35)29(4,5)15-20;1-2/h6-9,13-14,16-18,34-35H,10-12,15,30-31H2,1-5H3;1-2H3/b27-19?,28-20-;. The molecule has 3 unspecified atom stereocenters. The smallest absolute Gasteiger partial charge is 0.0444 e. The Kier molecular flexibility index (Phi) is 7.59. The van der Waals surface area contributed by atoms with Crippen molar-refractivity contribution in [2.75, 3.05) is 11.5 Å². The van der Waals surface area contributed by atoms with E-state index in [1.54, 1.807) is 0 Å². The summed E-state index contributed by atoms with van der Waals surface area (Å²) in [7, 11) is 0. The first-order valence-corrected chi connectivity index (χ1v) is 13.7. The summed E-state index contributed by atoms with van der Waals surface area (Å²) in [6, 6.07) is 12.6. The Balaban J connectivity index is 0.00000156. The number of benzene rings is 3. The van der Waals surface area contributed by atoms with Crippen LogP contribution >= 0.6 is 0 Å². The second-order valence-electron chi connectivity index (χ2n) is 11.4. The highest BCUT2D eigenvalue weighted by Crippen LogP contribution is 2.35. The van der Waals surface area contributed by atoms with Crippen LogP contribution in [0.1, 0.15) is 74.1 Å². The van der Waals surface area contributed by atoms with Gasteiger partial charge < -0.3 is 21.9 Å². The van der Waals surface area contributed by atoms with E-state index < -0.39 is 0 Å². The number of hydroxylamine groups is 4. The van der Waals surface area contributed by atoms with Gasteiger partial charge in [0.05, 0.1) is 0 Å². The van der Waals surface area contributed by atoms with Gasteiger partial charge in [0, 0.05) is 35.0 Å². The van der Waals surface area contributed by atoms with Crippen molar-refractivity contribution in [1.29, 1.82) is 0 Å². The van der Waals surface area contributed by atoms with Crippen LogP contribution in [0, 0.1) is 0 Å². The molecule has 0 saturated carbocycles. The van der Waals surface area contributed by atoms with E-state index in [1.165, 1.54) is 42.5 Å². The Morgan fingerprint density at radius 1 is 0.703 bits per heavy atom. The van der Waals surface area contributed by atoms with E-state index in [4.69, 9.17) is 11.5 Å². The van der Waals surface area contributed by atoms with Gasteiger partial charge in [0.2, 0.25) is 0 Å². The molecular weight excluding hydrogens is 460 g/mol. The number of nitrogen functional groups attached to an aromatic ring is 2. The lowest BCUT2D eigenvalue weighted by Crippen LogP contribution is -2.51. The van der Waals surface area contributed by atoms with E-state index in [1.807, 2.05) is 26.0 Å². The second kappa shape index (κ2) is 10.3. The maximum Gasteiger partial charge on any atom is 0.0444 e. The quantitative estimate of drug-likeness (QED) is 0.242. The van der Waals surface area contributed by atoms with Crippen molar-refractivity contribution in [3.8, 4) is 0 Å². The first-order chi connectivity index (χ1) is 17.5. The molecule has 2 aliphatic rings. The normalized spacial score (nSPS) is 26.3. The lowest BCUT2D eigenvalue weighted by molar-refractivity contribution is -0.193. The van der Waals surface area contributed by atoms with Crippen LogP contribution in [0.25, 0.3) is 32.7 Å². The van der Waals surface area contributed by atoms with Crippen molar-refractivity contribution in [3.05, 3.63) is 46.8 Å². The van der Waals surface area contributed by atoms with Gasteiger partial charge in [-0.2, -0.15) is 10.1 Å². The number of piperidine rings is 2. The minimum absolute atomic E-state index is 0.0123. The molecule has 6 heteroatoms. The lowest BCUT2D eigenvalue weighted by atomic mass is 9.81. The average Bonchev–Trinajstić information content (AvgIpc) is 2.85. The highest BCUT2D eigenvalue weighted by atomic mass is 16.5. The largest absolute Gasteiger partial charge is 0.399 e. The van der Waals surface area contributed by atoms with Crippen molar-refractivity contribution in [3.63, 3.8) is 0 Å². The van der Waals surface area contributed by atoms with Gasteiger partial charge in [0.15, 0.2) is 0 Å². The van der Waals surface area contributed by atoms with Gasteiger partial charge in [0.25, 0.3) is 0 Å². The van der Waals surface area contributed by atoms with Crippen LogP contribution in [-0.2, 0) is 0 Å². The van der Waals surface area contributed by atoms with Gasteiger partial charge >= 0.3 is 0 Å². The van der Waals surface area contributed by atoms with Crippen LogP contribution in [0.3, 0.4) is 0 Å². The summed E-state index contributed by atoms with van der Waals surface area (Å²) in [5.41, 5.74) is 16.5. The van der Waals surface area contributed by atoms with Crippen LogP contribution in [0.2, 0.25) is 0 Å². The molecule has 6 nitrogen and oxygen atoms in total. The topological polar surface area (TPSA) is 99.0 Å². The predicted octanol–water partition coefficient (Wildman–Crippen LogP) is 5.40. The summed E-state index contributed by atoms with van der Waals surface area (Å²) >= 11 is 0. The fourth-order valence-electron chi connectivity index (χ4n) is 6.55. The third-order valence-corrected chi connectivity index (χ3v) is 8.08. The van der Waals surface area contributed by atoms with Gasteiger partial charge in [-0.3, -0.25) is 0 Å². The fraction of sp³-hybridized carbons (Fsp3) is 0.484. The Bertz CT molecular complexity index is 1430. The van der Waals surface area contributed by atoms with Crippen LogP contribution in [0.15, 0.2) is 36.4 Å².